The summed E-state index contributed by atoms with van der Waals surface area (Å²) in [6.45, 7) is 8.82. The van der Waals surface area contributed by atoms with Crippen LogP contribution in [0.15, 0.2) is 12.3 Å². The third-order valence-electron chi connectivity index (χ3n) is 2.84. The quantitative estimate of drug-likeness (QED) is 0.616. The second-order valence-corrected chi connectivity index (χ2v) is 4.75. The molecule has 1 aromatic heterocycles. The van der Waals surface area contributed by atoms with Crippen molar-refractivity contribution in [2.24, 2.45) is 0 Å². The first kappa shape index (κ1) is 15.7. The molecule has 7 heteroatoms. The molecule has 1 rings (SSSR count). The summed E-state index contributed by atoms with van der Waals surface area (Å²) in [4.78, 5) is 16.7. The zero-order valence-corrected chi connectivity index (χ0v) is 12.1. The maximum Gasteiger partial charge on any atom is 0.312 e. The number of pyridine rings is 1. The van der Waals surface area contributed by atoms with E-state index in [-0.39, 0.29) is 22.6 Å². The molecule has 1 heterocycles. The highest BCUT2D eigenvalue weighted by atomic mass is 35.5. The van der Waals surface area contributed by atoms with Crippen LogP contribution in [-0.4, -0.2) is 40.5 Å². The minimum atomic E-state index is -0.481. The van der Waals surface area contributed by atoms with Crippen molar-refractivity contribution in [1.29, 1.82) is 0 Å². The van der Waals surface area contributed by atoms with Crippen molar-refractivity contribution < 1.29 is 4.92 Å². The molecule has 0 bridgehead atoms. The summed E-state index contributed by atoms with van der Waals surface area (Å²) < 4.78 is 0. The summed E-state index contributed by atoms with van der Waals surface area (Å²) in [5, 5.41) is 14.3. The summed E-state index contributed by atoms with van der Waals surface area (Å²) in [6.07, 6.45) is 1.40. The molecule has 19 heavy (non-hydrogen) atoms. The van der Waals surface area contributed by atoms with Crippen LogP contribution in [0.5, 0.6) is 0 Å². The summed E-state index contributed by atoms with van der Waals surface area (Å²) >= 11 is 5.72. The van der Waals surface area contributed by atoms with Gasteiger partial charge >= 0.3 is 5.69 Å². The molecule has 6 nitrogen and oxygen atoms in total. The molecule has 0 aliphatic heterocycles. The van der Waals surface area contributed by atoms with E-state index in [2.05, 4.69) is 29.0 Å². The van der Waals surface area contributed by atoms with Crippen LogP contribution in [0.3, 0.4) is 0 Å². The topological polar surface area (TPSA) is 71.3 Å². The number of hydrogen-bond donors (Lipinski definition) is 1. The highest BCUT2D eigenvalue weighted by molar-refractivity contribution is 6.30. The molecule has 1 N–H and O–H groups in total. The fourth-order valence-electron chi connectivity index (χ4n) is 1.83. The van der Waals surface area contributed by atoms with Crippen LogP contribution in [-0.2, 0) is 0 Å². The van der Waals surface area contributed by atoms with E-state index in [9.17, 15) is 10.1 Å². The first-order chi connectivity index (χ1) is 8.97. The maximum atomic E-state index is 10.9. The van der Waals surface area contributed by atoms with Crippen molar-refractivity contribution in [3.8, 4) is 0 Å². The lowest BCUT2D eigenvalue weighted by molar-refractivity contribution is -0.384. The van der Waals surface area contributed by atoms with Crippen LogP contribution >= 0.6 is 11.6 Å². The van der Waals surface area contributed by atoms with E-state index in [0.29, 0.717) is 0 Å². The number of hydrogen-bond acceptors (Lipinski definition) is 5. The van der Waals surface area contributed by atoms with Gasteiger partial charge in [-0.15, -0.1) is 0 Å². The van der Waals surface area contributed by atoms with Crippen molar-refractivity contribution in [1.82, 2.24) is 9.88 Å². The fourth-order valence-corrected chi connectivity index (χ4v) is 1.98. The Labute approximate surface area is 117 Å². The van der Waals surface area contributed by atoms with E-state index in [4.69, 9.17) is 11.6 Å². The van der Waals surface area contributed by atoms with Crippen LogP contribution in [0.25, 0.3) is 0 Å². The summed E-state index contributed by atoms with van der Waals surface area (Å²) in [5.74, 6) is 0.258. The van der Waals surface area contributed by atoms with Crippen LogP contribution in [0.2, 0.25) is 5.02 Å². The zero-order valence-electron chi connectivity index (χ0n) is 11.4. The molecule has 0 fully saturated rings. The minimum Gasteiger partial charge on any atom is -0.361 e. The van der Waals surface area contributed by atoms with Crippen LogP contribution in [0.4, 0.5) is 11.5 Å². The molecule has 1 atom stereocenters. The molecule has 0 saturated carbocycles. The van der Waals surface area contributed by atoms with Gasteiger partial charge in [0.25, 0.3) is 0 Å². The predicted molar refractivity (Wildman–Crippen MR) is 76.8 cm³/mol. The first-order valence-corrected chi connectivity index (χ1v) is 6.64. The molecule has 0 spiro atoms. The van der Waals surface area contributed by atoms with Gasteiger partial charge in [0.1, 0.15) is 0 Å². The van der Waals surface area contributed by atoms with Gasteiger partial charge in [-0.3, -0.25) is 10.1 Å². The average Bonchev–Trinajstić information content (AvgIpc) is 2.37. The number of nitrogens with one attached hydrogen (secondary N) is 1. The van der Waals surface area contributed by atoms with Gasteiger partial charge in [-0.25, -0.2) is 4.98 Å². The number of nitrogens with zero attached hydrogens (tertiary/aromatic N) is 3. The molecule has 0 amide bonds. The molecular formula is C12H19ClN4O2. The molecule has 0 aromatic carbocycles. The number of likely N-dealkylation sites (N-methyl/N-ethyl adjacent to an activating group) is 1. The van der Waals surface area contributed by atoms with Gasteiger partial charge in [0, 0.05) is 24.8 Å². The van der Waals surface area contributed by atoms with Gasteiger partial charge in [-0.05, 0) is 20.0 Å². The number of anilines is 1. The van der Waals surface area contributed by atoms with Gasteiger partial charge in [0.2, 0.25) is 5.82 Å². The monoisotopic (exact) mass is 286 g/mol. The van der Waals surface area contributed by atoms with Gasteiger partial charge in [-0.1, -0.05) is 25.4 Å². The molecule has 1 aromatic rings. The Kier molecular flexibility index (Phi) is 5.98. The third-order valence-corrected chi connectivity index (χ3v) is 3.05. The van der Waals surface area contributed by atoms with Crippen molar-refractivity contribution in [2.75, 3.05) is 25.0 Å². The van der Waals surface area contributed by atoms with Crippen LogP contribution in [0.1, 0.15) is 20.8 Å². The van der Waals surface area contributed by atoms with Gasteiger partial charge in [0.15, 0.2) is 0 Å². The second kappa shape index (κ2) is 7.25. The van der Waals surface area contributed by atoms with Crippen LogP contribution in [0, 0.1) is 10.1 Å². The third kappa shape index (κ3) is 4.65. The first-order valence-electron chi connectivity index (χ1n) is 6.26. The summed E-state index contributed by atoms with van der Waals surface area (Å²) in [7, 11) is 0. The number of rotatable bonds is 7. The fraction of sp³-hybridized carbons (Fsp3) is 0.583. The van der Waals surface area contributed by atoms with Crippen molar-refractivity contribution in [2.45, 2.75) is 26.8 Å². The second-order valence-electron chi connectivity index (χ2n) is 4.31. The molecular weight excluding hydrogens is 268 g/mol. The molecule has 1 unspecified atom stereocenters. The molecule has 0 radical (unpaired) electrons. The zero-order chi connectivity index (χ0) is 14.4. The Bertz CT molecular complexity index is 438. The van der Waals surface area contributed by atoms with Gasteiger partial charge < -0.3 is 10.2 Å². The average molecular weight is 287 g/mol. The van der Waals surface area contributed by atoms with Gasteiger partial charge in [-0.2, -0.15) is 0 Å². The summed E-state index contributed by atoms with van der Waals surface area (Å²) in [5.41, 5.74) is -0.0982. The number of halogens is 1. The molecule has 106 valence electrons. The highest BCUT2D eigenvalue weighted by Crippen LogP contribution is 2.25. The Balaban J connectivity index is 2.78. The lowest BCUT2D eigenvalue weighted by Crippen LogP contribution is -2.35. The molecule has 0 aliphatic carbocycles. The van der Waals surface area contributed by atoms with Gasteiger partial charge in [0.05, 0.1) is 9.95 Å². The lowest BCUT2D eigenvalue weighted by Gasteiger charge is -2.23. The standard InChI is InChI=1S/C12H19ClN4O2/c1-4-16(5-2)8-9(3)15-12-11(17(18)19)6-10(13)7-14-12/h6-7,9H,4-5,8H2,1-3H3,(H,14,15). The smallest absolute Gasteiger partial charge is 0.312 e. The van der Waals surface area contributed by atoms with E-state index < -0.39 is 4.92 Å². The van der Waals surface area contributed by atoms with E-state index in [1.54, 1.807) is 0 Å². The largest absolute Gasteiger partial charge is 0.361 e. The normalized spacial score (nSPS) is 12.5. The summed E-state index contributed by atoms with van der Waals surface area (Å²) in [6, 6.07) is 1.37. The van der Waals surface area contributed by atoms with E-state index >= 15 is 0 Å². The number of nitro groups is 1. The van der Waals surface area contributed by atoms with Crippen molar-refractivity contribution in [3.63, 3.8) is 0 Å². The molecule has 0 saturated heterocycles. The van der Waals surface area contributed by atoms with E-state index in [0.717, 1.165) is 19.6 Å². The highest BCUT2D eigenvalue weighted by Gasteiger charge is 2.18. The Morgan fingerprint density at radius 3 is 2.68 bits per heavy atom. The Morgan fingerprint density at radius 1 is 1.53 bits per heavy atom. The number of aromatic nitrogens is 1. The predicted octanol–water partition coefficient (Wildman–Crippen LogP) is 2.79. The Morgan fingerprint density at radius 2 is 2.16 bits per heavy atom. The van der Waals surface area contributed by atoms with E-state index in [1.165, 1.54) is 12.3 Å². The van der Waals surface area contributed by atoms with Crippen molar-refractivity contribution in [3.05, 3.63) is 27.4 Å². The minimum absolute atomic E-state index is 0.0623. The SMILES string of the molecule is CCN(CC)CC(C)Nc1ncc(Cl)cc1[N+](=O)[O-]. The Hall–Kier alpha value is -1.40. The van der Waals surface area contributed by atoms with E-state index in [1.807, 2.05) is 6.92 Å². The van der Waals surface area contributed by atoms with Crippen molar-refractivity contribution >= 4 is 23.1 Å². The van der Waals surface area contributed by atoms with Crippen LogP contribution < -0.4 is 5.32 Å². The lowest BCUT2D eigenvalue weighted by atomic mass is 10.3. The maximum absolute atomic E-state index is 10.9. The molecule has 0 aliphatic rings.